The highest BCUT2D eigenvalue weighted by Crippen LogP contribution is 2.26. The Morgan fingerprint density at radius 3 is 2.54 bits per heavy atom. The molecule has 0 spiro atoms. The zero-order valence-electron chi connectivity index (χ0n) is 14.5. The topological polar surface area (TPSA) is 68.5 Å². The number of carbonyl (C=O) groups is 2. The molecule has 1 N–H and O–H groups in total. The number of hydrogen-bond acceptors (Lipinski definition) is 4. The van der Waals surface area contributed by atoms with Crippen LogP contribution in [0.2, 0.25) is 0 Å². The largest absolute Gasteiger partial charge is 0.469 e. The van der Waals surface area contributed by atoms with E-state index in [4.69, 9.17) is 9.15 Å². The maximum Gasteiger partial charge on any atom is 0.342 e. The predicted molar refractivity (Wildman–Crippen MR) is 92.1 cm³/mol. The lowest BCUT2D eigenvalue weighted by Gasteiger charge is -2.18. The predicted octanol–water partition coefficient (Wildman–Crippen LogP) is 4.29. The molecule has 0 bridgehead atoms. The fraction of sp³-hybridized carbons (Fsp3) is 0.368. The van der Waals surface area contributed by atoms with Crippen LogP contribution in [0.25, 0.3) is 0 Å². The minimum absolute atomic E-state index is 0.327. The van der Waals surface area contributed by atoms with Crippen LogP contribution in [-0.4, -0.2) is 18.0 Å². The van der Waals surface area contributed by atoms with E-state index in [-0.39, 0.29) is 5.91 Å². The number of rotatable bonds is 6. The van der Waals surface area contributed by atoms with E-state index in [1.54, 1.807) is 13.8 Å². The van der Waals surface area contributed by atoms with Crippen molar-refractivity contribution in [1.82, 2.24) is 0 Å². The summed E-state index contributed by atoms with van der Waals surface area (Å²) in [4.78, 5) is 24.4. The maximum atomic E-state index is 12.4. The summed E-state index contributed by atoms with van der Waals surface area (Å²) in [6.45, 7) is 7.43. The van der Waals surface area contributed by atoms with Gasteiger partial charge >= 0.3 is 5.97 Å². The first-order valence-corrected chi connectivity index (χ1v) is 8.08. The van der Waals surface area contributed by atoms with Gasteiger partial charge in [0.15, 0.2) is 6.10 Å². The fourth-order valence-corrected chi connectivity index (χ4v) is 2.37. The number of ether oxygens (including phenoxy) is 1. The highest BCUT2D eigenvalue weighted by molar-refractivity contribution is 5.98. The van der Waals surface area contributed by atoms with E-state index in [1.165, 1.54) is 12.3 Å². The van der Waals surface area contributed by atoms with Crippen molar-refractivity contribution >= 4 is 17.6 Å². The summed E-state index contributed by atoms with van der Waals surface area (Å²) in [5, 5.41) is 2.85. The van der Waals surface area contributed by atoms with Crippen molar-refractivity contribution in [3.05, 3.63) is 53.5 Å². The van der Waals surface area contributed by atoms with Crippen LogP contribution in [-0.2, 0) is 9.53 Å². The minimum atomic E-state index is -0.906. The van der Waals surface area contributed by atoms with Crippen LogP contribution in [0.4, 0.5) is 5.69 Å². The molecule has 2 aromatic rings. The zero-order chi connectivity index (χ0) is 17.7. The van der Waals surface area contributed by atoms with Gasteiger partial charge in [0.2, 0.25) is 0 Å². The van der Waals surface area contributed by atoms with Gasteiger partial charge < -0.3 is 14.5 Å². The summed E-state index contributed by atoms with van der Waals surface area (Å²) in [6, 6.07) is 9.19. The lowest BCUT2D eigenvalue weighted by atomic mass is 9.97. The first kappa shape index (κ1) is 17.8. The second kappa shape index (κ2) is 7.81. The van der Waals surface area contributed by atoms with Crippen molar-refractivity contribution in [1.29, 1.82) is 0 Å². The monoisotopic (exact) mass is 329 g/mol. The number of para-hydroxylation sites is 1. The second-order valence-corrected chi connectivity index (χ2v) is 5.82. The molecule has 5 heteroatoms. The van der Waals surface area contributed by atoms with Crippen molar-refractivity contribution in [2.24, 2.45) is 0 Å². The Morgan fingerprint density at radius 1 is 1.21 bits per heavy atom. The number of esters is 1. The summed E-state index contributed by atoms with van der Waals surface area (Å²) < 4.78 is 10.3. The molecule has 1 heterocycles. The lowest BCUT2D eigenvalue weighted by Crippen LogP contribution is -2.30. The van der Waals surface area contributed by atoms with Crippen molar-refractivity contribution < 1.29 is 18.7 Å². The number of benzene rings is 1. The van der Waals surface area contributed by atoms with Crippen LogP contribution < -0.4 is 5.32 Å². The Morgan fingerprint density at radius 2 is 1.92 bits per heavy atom. The third-order valence-corrected chi connectivity index (χ3v) is 4.09. The second-order valence-electron chi connectivity index (χ2n) is 5.82. The van der Waals surface area contributed by atoms with Gasteiger partial charge in [-0.25, -0.2) is 4.79 Å². The molecule has 0 fully saturated rings. The quantitative estimate of drug-likeness (QED) is 0.803. The Hall–Kier alpha value is -2.56. The normalized spacial score (nSPS) is 13.2. The number of carbonyl (C=O) groups excluding carboxylic acids is 2. The van der Waals surface area contributed by atoms with E-state index in [2.05, 4.69) is 19.2 Å². The number of furan rings is 1. The molecule has 1 aromatic heterocycles. The first-order chi connectivity index (χ1) is 11.4. The first-order valence-electron chi connectivity index (χ1n) is 8.08. The molecule has 0 unspecified atom stereocenters. The van der Waals surface area contributed by atoms with Gasteiger partial charge in [-0.3, -0.25) is 4.79 Å². The van der Waals surface area contributed by atoms with Crippen molar-refractivity contribution in [2.75, 3.05) is 5.32 Å². The summed E-state index contributed by atoms with van der Waals surface area (Å²) in [7, 11) is 0. The molecule has 2 rings (SSSR count). The molecule has 0 radical (unpaired) electrons. The number of aryl methyl sites for hydroxylation is 1. The van der Waals surface area contributed by atoms with Gasteiger partial charge in [-0.05, 0) is 43.9 Å². The molecular weight excluding hydrogens is 306 g/mol. The number of amides is 1. The number of anilines is 1. The summed E-state index contributed by atoms with van der Waals surface area (Å²) in [6.07, 6.45) is 1.48. The third-order valence-electron chi connectivity index (χ3n) is 4.09. The van der Waals surface area contributed by atoms with Gasteiger partial charge in [-0.2, -0.15) is 0 Å². The Bertz CT molecular complexity index is 720. The van der Waals surface area contributed by atoms with Crippen molar-refractivity contribution in [3.8, 4) is 0 Å². The van der Waals surface area contributed by atoms with Crippen LogP contribution in [0.15, 0.2) is 41.0 Å². The SMILES string of the molecule is CC[C@@H](C)c1ccccc1NC(=O)[C@@H](C)OC(=O)c1ccoc1C. The molecular formula is C19H23NO4. The van der Waals surface area contributed by atoms with Gasteiger partial charge in [0.1, 0.15) is 11.3 Å². The summed E-state index contributed by atoms with van der Waals surface area (Å²) in [5.74, 6) is -0.137. The highest BCUT2D eigenvalue weighted by atomic mass is 16.5. The molecule has 5 nitrogen and oxygen atoms in total. The maximum absolute atomic E-state index is 12.4. The lowest BCUT2D eigenvalue weighted by molar-refractivity contribution is -0.123. The van der Waals surface area contributed by atoms with Crippen LogP contribution >= 0.6 is 0 Å². The van der Waals surface area contributed by atoms with E-state index >= 15 is 0 Å². The van der Waals surface area contributed by atoms with Crippen molar-refractivity contribution in [3.63, 3.8) is 0 Å². The molecule has 128 valence electrons. The summed E-state index contributed by atoms with van der Waals surface area (Å²) in [5.41, 5.74) is 2.14. The molecule has 1 amide bonds. The average Bonchev–Trinajstić information content (AvgIpc) is 3.00. The molecule has 0 saturated heterocycles. The van der Waals surface area contributed by atoms with Crippen LogP contribution in [0, 0.1) is 6.92 Å². The minimum Gasteiger partial charge on any atom is -0.469 e. The fourth-order valence-electron chi connectivity index (χ4n) is 2.37. The van der Waals surface area contributed by atoms with Gasteiger partial charge in [0.05, 0.1) is 6.26 Å². The van der Waals surface area contributed by atoms with Gasteiger partial charge in [-0.1, -0.05) is 32.0 Å². The molecule has 24 heavy (non-hydrogen) atoms. The Balaban J connectivity index is 2.05. The van der Waals surface area contributed by atoms with E-state index in [9.17, 15) is 9.59 Å². The van der Waals surface area contributed by atoms with Crippen molar-refractivity contribution in [2.45, 2.75) is 46.1 Å². The highest BCUT2D eigenvalue weighted by Gasteiger charge is 2.22. The van der Waals surface area contributed by atoms with Crippen LogP contribution in [0.3, 0.4) is 0 Å². The summed E-state index contributed by atoms with van der Waals surface area (Å²) >= 11 is 0. The number of hydrogen-bond donors (Lipinski definition) is 1. The van der Waals surface area contributed by atoms with E-state index in [1.807, 2.05) is 24.3 Å². The zero-order valence-corrected chi connectivity index (χ0v) is 14.5. The van der Waals surface area contributed by atoms with Gasteiger partial charge in [0, 0.05) is 5.69 Å². The molecule has 2 atom stereocenters. The third kappa shape index (κ3) is 4.04. The van der Waals surface area contributed by atoms with E-state index < -0.39 is 12.1 Å². The van der Waals surface area contributed by atoms with E-state index in [0.717, 1.165) is 17.7 Å². The van der Waals surface area contributed by atoms with Gasteiger partial charge in [-0.15, -0.1) is 0 Å². The molecule has 0 aliphatic rings. The average molecular weight is 329 g/mol. The molecule has 0 saturated carbocycles. The van der Waals surface area contributed by atoms with E-state index in [0.29, 0.717) is 17.2 Å². The van der Waals surface area contributed by atoms with Crippen LogP contribution in [0.5, 0.6) is 0 Å². The molecule has 1 aromatic carbocycles. The number of nitrogens with one attached hydrogen (secondary N) is 1. The van der Waals surface area contributed by atoms with Gasteiger partial charge in [0.25, 0.3) is 5.91 Å². The molecule has 0 aliphatic heterocycles. The standard InChI is InChI=1S/C19H23NO4/c1-5-12(2)15-8-6-7-9-17(15)20-18(21)14(4)24-19(22)16-10-11-23-13(16)3/h6-12,14H,5H2,1-4H3,(H,20,21)/t12-,14-/m1/s1. The van der Waals surface area contributed by atoms with Crippen LogP contribution in [0.1, 0.15) is 54.8 Å². The molecule has 0 aliphatic carbocycles. The Labute approximate surface area is 142 Å². The Kier molecular flexibility index (Phi) is 5.79. The smallest absolute Gasteiger partial charge is 0.342 e.